The predicted molar refractivity (Wildman–Crippen MR) is 111 cm³/mol. The number of hydrogen-bond donors (Lipinski definition) is 1. The summed E-state index contributed by atoms with van der Waals surface area (Å²) in [6.45, 7) is 2.26. The number of fused-ring (bicyclic) bond motifs is 1. The highest BCUT2D eigenvalue weighted by atomic mass is 16.6. The van der Waals surface area contributed by atoms with Gasteiger partial charge in [-0.25, -0.2) is 4.79 Å². The molecule has 2 aromatic rings. The van der Waals surface area contributed by atoms with E-state index < -0.39 is 17.0 Å². The molecule has 0 bridgehead atoms. The normalized spacial score (nSPS) is 13.4. The van der Waals surface area contributed by atoms with Crippen LogP contribution in [-0.4, -0.2) is 43.0 Å². The van der Waals surface area contributed by atoms with Crippen molar-refractivity contribution in [1.29, 1.82) is 0 Å². The maximum Gasteiger partial charge on any atom is 0.339 e. The minimum atomic E-state index is -1.00. The summed E-state index contributed by atoms with van der Waals surface area (Å²) in [6, 6.07) is 9.57. The summed E-state index contributed by atoms with van der Waals surface area (Å²) in [5.74, 6) is -1.09. The lowest BCUT2D eigenvalue weighted by Crippen LogP contribution is -2.24. The number of esters is 1. The van der Waals surface area contributed by atoms with Crippen molar-refractivity contribution in [3.05, 3.63) is 68.8 Å². The molecule has 0 aliphatic heterocycles. The summed E-state index contributed by atoms with van der Waals surface area (Å²) < 4.78 is 10.2. The number of anilines is 1. The molecule has 0 amide bonds. The van der Waals surface area contributed by atoms with Gasteiger partial charge in [-0.2, -0.15) is 0 Å². The highest BCUT2D eigenvalue weighted by Crippen LogP contribution is 2.27. The van der Waals surface area contributed by atoms with Crippen molar-refractivity contribution >= 4 is 23.1 Å². The molecule has 8 heteroatoms. The van der Waals surface area contributed by atoms with Crippen molar-refractivity contribution in [1.82, 2.24) is 0 Å². The van der Waals surface area contributed by atoms with Gasteiger partial charge in [0.15, 0.2) is 6.10 Å². The SMILES string of the molecule is COCCNc1ccc(C(=O)OC(C)C(=O)c2ccc3c(c2)CCC3)cc1[N+](=O)[O-]. The predicted octanol–water partition coefficient (Wildman–Crippen LogP) is 3.57. The van der Waals surface area contributed by atoms with E-state index in [9.17, 15) is 19.7 Å². The number of carbonyl (C=O) groups excluding carboxylic acids is 2. The van der Waals surface area contributed by atoms with Gasteiger partial charge in [0.05, 0.1) is 17.1 Å². The molecule has 3 rings (SSSR count). The summed E-state index contributed by atoms with van der Waals surface area (Å²) >= 11 is 0. The summed E-state index contributed by atoms with van der Waals surface area (Å²) in [6.07, 6.45) is 2.03. The standard InChI is InChI=1S/C22H24N2O6/c1-14(21(25)17-7-6-15-4-3-5-16(15)12-17)30-22(26)18-8-9-19(23-10-11-29-2)20(13-18)24(27)28/h6-9,12-14,23H,3-5,10-11H2,1-2H3. The number of nitro benzene ring substituents is 1. The van der Waals surface area contributed by atoms with E-state index in [1.54, 1.807) is 6.07 Å². The van der Waals surface area contributed by atoms with Crippen LogP contribution in [0.2, 0.25) is 0 Å². The second-order valence-corrected chi connectivity index (χ2v) is 7.16. The molecule has 0 saturated heterocycles. The van der Waals surface area contributed by atoms with E-state index in [0.29, 0.717) is 18.7 Å². The zero-order chi connectivity index (χ0) is 21.7. The van der Waals surface area contributed by atoms with E-state index in [1.807, 2.05) is 12.1 Å². The molecular weight excluding hydrogens is 388 g/mol. The van der Waals surface area contributed by atoms with E-state index >= 15 is 0 Å². The van der Waals surface area contributed by atoms with Crippen molar-refractivity contribution in [2.75, 3.05) is 25.6 Å². The number of ether oxygens (including phenoxy) is 2. The number of nitrogens with one attached hydrogen (secondary N) is 1. The summed E-state index contributed by atoms with van der Waals surface area (Å²) in [7, 11) is 1.53. The van der Waals surface area contributed by atoms with Gasteiger partial charge in [-0.15, -0.1) is 0 Å². The highest BCUT2D eigenvalue weighted by Gasteiger charge is 2.24. The molecule has 2 aromatic carbocycles. The Labute approximate surface area is 174 Å². The second kappa shape index (κ2) is 9.49. The summed E-state index contributed by atoms with van der Waals surface area (Å²) in [5.41, 5.74) is 2.94. The first kappa shape index (κ1) is 21.4. The Kier molecular flexibility index (Phi) is 6.79. The Morgan fingerprint density at radius 1 is 1.13 bits per heavy atom. The zero-order valence-electron chi connectivity index (χ0n) is 17.0. The molecule has 1 atom stereocenters. The fraction of sp³-hybridized carbons (Fsp3) is 0.364. The lowest BCUT2D eigenvalue weighted by Gasteiger charge is -2.14. The van der Waals surface area contributed by atoms with Gasteiger partial charge in [-0.1, -0.05) is 12.1 Å². The average molecular weight is 412 g/mol. The largest absolute Gasteiger partial charge is 0.451 e. The van der Waals surface area contributed by atoms with Gasteiger partial charge in [-0.05, 0) is 55.5 Å². The fourth-order valence-electron chi connectivity index (χ4n) is 3.49. The van der Waals surface area contributed by atoms with E-state index in [2.05, 4.69) is 5.32 Å². The Morgan fingerprint density at radius 3 is 2.60 bits per heavy atom. The van der Waals surface area contributed by atoms with Gasteiger partial charge < -0.3 is 14.8 Å². The molecule has 0 fully saturated rings. The van der Waals surface area contributed by atoms with Crippen LogP contribution in [0.25, 0.3) is 0 Å². The van der Waals surface area contributed by atoms with Crippen LogP contribution < -0.4 is 5.32 Å². The van der Waals surface area contributed by atoms with Crippen molar-refractivity contribution in [3.63, 3.8) is 0 Å². The number of nitro groups is 1. The lowest BCUT2D eigenvalue weighted by atomic mass is 10.0. The second-order valence-electron chi connectivity index (χ2n) is 7.16. The maximum atomic E-state index is 12.7. The first-order chi connectivity index (χ1) is 14.4. The Bertz CT molecular complexity index is 972. The molecule has 1 unspecified atom stereocenters. The van der Waals surface area contributed by atoms with Crippen molar-refractivity contribution in [2.45, 2.75) is 32.3 Å². The van der Waals surface area contributed by atoms with Crippen molar-refractivity contribution in [3.8, 4) is 0 Å². The van der Waals surface area contributed by atoms with Crippen LogP contribution in [0, 0.1) is 10.1 Å². The molecule has 0 radical (unpaired) electrons. The van der Waals surface area contributed by atoms with Crippen LogP contribution in [0.1, 0.15) is 45.2 Å². The number of carbonyl (C=O) groups is 2. The topological polar surface area (TPSA) is 108 Å². The molecule has 0 saturated carbocycles. The number of hydrogen-bond acceptors (Lipinski definition) is 7. The smallest absolute Gasteiger partial charge is 0.339 e. The number of benzene rings is 2. The van der Waals surface area contributed by atoms with Crippen molar-refractivity contribution < 1.29 is 24.0 Å². The van der Waals surface area contributed by atoms with E-state index in [-0.39, 0.29) is 22.7 Å². The maximum absolute atomic E-state index is 12.7. The molecule has 1 aliphatic carbocycles. The van der Waals surface area contributed by atoms with Gasteiger partial charge in [-0.3, -0.25) is 14.9 Å². The Hall–Kier alpha value is -3.26. The third kappa shape index (κ3) is 4.83. The van der Waals surface area contributed by atoms with Crippen LogP contribution in [0.4, 0.5) is 11.4 Å². The van der Waals surface area contributed by atoms with Gasteiger partial charge >= 0.3 is 5.97 Å². The van der Waals surface area contributed by atoms with Crippen LogP contribution in [0.3, 0.4) is 0 Å². The van der Waals surface area contributed by atoms with Crippen LogP contribution >= 0.6 is 0 Å². The van der Waals surface area contributed by atoms with Gasteiger partial charge in [0, 0.05) is 25.3 Å². The van der Waals surface area contributed by atoms with Crippen LogP contribution in [-0.2, 0) is 22.3 Å². The highest BCUT2D eigenvalue weighted by molar-refractivity contribution is 6.01. The number of ketones is 1. The van der Waals surface area contributed by atoms with E-state index in [1.165, 1.54) is 31.7 Å². The molecule has 8 nitrogen and oxygen atoms in total. The molecule has 0 aromatic heterocycles. The Balaban J connectivity index is 1.70. The number of aryl methyl sites for hydroxylation is 2. The van der Waals surface area contributed by atoms with E-state index in [0.717, 1.165) is 30.9 Å². The Morgan fingerprint density at radius 2 is 1.87 bits per heavy atom. The first-order valence-electron chi connectivity index (χ1n) is 9.79. The summed E-state index contributed by atoms with van der Waals surface area (Å²) in [5, 5.41) is 14.3. The molecule has 0 spiro atoms. The molecule has 30 heavy (non-hydrogen) atoms. The van der Waals surface area contributed by atoms with Crippen LogP contribution in [0.15, 0.2) is 36.4 Å². The third-order valence-electron chi connectivity index (χ3n) is 5.09. The van der Waals surface area contributed by atoms with Gasteiger partial charge in [0.25, 0.3) is 5.69 Å². The van der Waals surface area contributed by atoms with Gasteiger partial charge in [0.2, 0.25) is 5.78 Å². The first-order valence-corrected chi connectivity index (χ1v) is 9.79. The molecule has 1 N–H and O–H groups in total. The number of methoxy groups -OCH3 is 1. The molecule has 158 valence electrons. The van der Waals surface area contributed by atoms with Gasteiger partial charge in [0.1, 0.15) is 5.69 Å². The quantitative estimate of drug-likeness (QED) is 0.220. The van der Waals surface area contributed by atoms with Crippen LogP contribution in [0.5, 0.6) is 0 Å². The molecule has 1 aliphatic rings. The fourth-order valence-corrected chi connectivity index (χ4v) is 3.49. The monoisotopic (exact) mass is 412 g/mol. The number of rotatable bonds is 9. The minimum Gasteiger partial charge on any atom is -0.451 e. The zero-order valence-corrected chi connectivity index (χ0v) is 17.0. The average Bonchev–Trinajstić information content (AvgIpc) is 3.21. The van der Waals surface area contributed by atoms with Crippen molar-refractivity contribution in [2.24, 2.45) is 0 Å². The molecule has 0 heterocycles. The third-order valence-corrected chi connectivity index (χ3v) is 5.09. The number of nitrogens with zero attached hydrogens (tertiary/aromatic N) is 1. The summed E-state index contributed by atoms with van der Waals surface area (Å²) in [4.78, 5) is 36.0. The molecular formula is C22H24N2O6. The lowest BCUT2D eigenvalue weighted by molar-refractivity contribution is -0.384. The van der Waals surface area contributed by atoms with E-state index in [4.69, 9.17) is 9.47 Å². The minimum absolute atomic E-state index is 0.00703. The number of Topliss-reactive ketones (excluding diaryl/α,β-unsaturated/α-hetero) is 1.